The first-order chi connectivity index (χ1) is 9.78. The maximum atomic E-state index is 12.7. The molecule has 3 N–H and O–H groups in total. The maximum absolute atomic E-state index is 12.7. The lowest BCUT2D eigenvalue weighted by molar-refractivity contribution is -0.136. The highest BCUT2D eigenvalue weighted by Crippen LogP contribution is 2.24. The third-order valence-electron chi connectivity index (χ3n) is 3.33. The van der Waals surface area contributed by atoms with Gasteiger partial charge in [0.15, 0.2) is 0 Å². The Hall–Kier alpha value is -2.04. The molecule has 21 heavy (non-hydrogen) atoms. The summed E-state index contributed by atoms with van der Waals surface area (Å²) < 4.78 is 0. The molecule has 0 aliphatic heterocycles. The van der Waals surface area contributed by atoms with Crippen molar-refractivity contribution in [2.24, 2.45) is 16.6 Å². The summed E-state index contributed by atoms with van der Waals surface area (Å²) >= 11 is 0. The van der Waals surface area contributed by atoms with Crippen molar-refractivity contribution >= 4 is 12.2 Å². The van der Waals surface area contributed by atoms with Crippen molar-refractivity contribution in [3.8, 4) is 5.75 Å². The van der Waals surface area contributed by atoms with Crippen LogP contribution in [0.5, 0.6) is 5.75 Å². The number of amides is 1. The van der Waals surface area contributed by atoms with Gasteiger partial charge in [0, 0.05) is 13.6 Å². The summed E-state index contributed by atoms with van der Waals surface area (Å²) in [5, 5.41) is 9.28. The molecule has 0 radical (unpaired) electrons. The topological polar surface area (TPSA) is 78.9 Å². The SMILES string of the molecule is CC(C)CC(C)(N=CN)C(=O)N(C)Cc1ccc(O)cc1. The van der Waals surface area contributed by atoms with Crippen molar-refractivity contribution in [2.75, 3.05) is 7.05 Å². The summed E-state index contributed by atoms with van der Waals surface area (Å²) in [7, 11) is 1.75. The van der Waals surface area contributed by atoms with Gasteiger partial charge in [-0.2, -0.15) is 0 Å². The summed E-state index contributed by atoms with van der Waals surface area (Å²) in [5.41, 5.74) is 5.52. The summed E-state index contributed by atoms with van der Waals surface area (Å²) in [5.74, 6) is 0.487. The minimum Gasteiger partial charge on any atom is -0.508 e. The Labute approximate surface area is 126 Å². The van der Waals surface area contributed by atoms with Gasteiger partial charge in [0.1, 0.15) is 11.3 Å². The highest BCUT2D eigenvalue weighted by atomic mass is 16.3. The minimum atomic E-state index is -0.839. The van der Waals surface area contributed by atoms with E-state index in [0.29, 0.717) is 18.9 Å². The number of phenolic OH excluding ortho intramolecular Hbond substituents is 1. The van der Waals surface area contributed by atoms with Crippen LogP contribution in [0.1, 0.15) is 32.8 Å². The molecule has 0 aliphatic rings. The number of hydrogen-bond acceptors (Lipinski definition) is 3. The lowest BCUT2D eigenvalue weighted by atomic mass is 9.90. The molecule has 5 heteroatoms. The number of carbonyl (C=O) groups is 1. The molecular formula is C16H25N3O2. The van der Waals surface area contributed by atoms with Crippen molar-refractivity contribution in [1.82, 2.24) is 4.90 Å². The molecule has 1 atom stereocenters. The number of rotatable bonds is 6. The Kier molecular flexibility index (Phi) is 5.76. The van der Waals surface area contributed by atoms with Gasteiger partial charge in [-0.25, -0.2) is 0 Å². The van der Waals surface area contributed by atoms with Crippen LogP contribution in [0.3, 0.4) is 0 Å². The van der Waals surface area contributed by atoms with E-state index in [2.05, 4.69) is 18.8 Å². The smallest absolute Gasteiger partial charge is 0.250 e. The number of aromatic hydroxyl groups is 1. The van der Waals surface area contributed by atoms with Crippen LogP contribution in [-0.2, 0) is 11.3 Å². The van der Waals surface area contributed by atoms with E-state index in [9.17, 15) is 9.90 Å². The van der Waals surface area contributed by atoms with Gasteiger partial charge in [-0.05, 0) is 37.0 Å². The molecule has 0 heterocycles. The van der Waals surface area contributed by atoms with E-state index >= 15 is 0 Å². The number of benzene rings is 1. The normalized spacial score (nSPS) is 14.3. The van der Waals surface area contributed by atoms with E-state index in [-0.39, 0.29) is 11.7 Å². The first-order valence-corrected chi connectivity index (χ1v) is 7.07. The molecule has 0 aliphatic carbocycles. The molecule has 1 aromatic carbocycles. The van der Waals surface area contributed by atoms with Gasteiger partial charge >= 0.3 is 0 Å². The molecule has 1 rings (SSSR count). The zero-order valence-corrected chi connectivity index (χ0v) is 13.2. The van der Waals surface area contributed by atoms with Crippen LogP contribution in [-0.4, -0.2) is 34.8 Å². The third-order valence-corrected chi connectivity index (χ3v) is 3.33. The Morgan fingerprint density at radius 2 is 2.00 bits per heavy atom. The van der Waals surface area contributed by atoms with Crippen molar-refractivity contribution in [1.29, 1.82) is 0 Å². The minimum absolute atomic E-state index is 0.0639. The van der Waals surface area contributed by atoms with Gasteiger partial charge < -0.3 is 15.7 Å². The second-order valence-corrected chi connectivity index (χ2v) is 5.98. The van der Waals surface area contributed by atoms with Crippen molar-refractivity contribution in [2.45, 2.75) is 39.3 Å². The number of aliphatic imine (C=N–C) groups is 1. The van der Waals surface area contributed by atoms with Crippen LogP contribution in [0.25, 0.3) is 0 Å². The lowest BCUT2D eigenvalue weighted by Gasteiger charge is -2.30. The molecule has 0 bridgehead atoms. The Bertz CT molecular complexity index is 497. The fraction of sp³-hybridized carbons (Fsp3) is 0.500. The quantitative estimate of drug-likeness (QED) is 0.622. The van der Waals surface area contributed by atoms with Gasteiger partial charge in [0.05, 0.1) is 6.34 Å². The van der Waals surface area contributed by atoms with E-state index in [1.807, 2.05) is 6.92 Å². The summed E-state index contributed by atoms with van der Waals surface area (Å²) in [6.45, 7) is 6.38. The van der Waals surface area contributed by atoms with E-state index < -0.39 is 5.54 Å². The van der Waals surface area contributed by atoms with Gasteiger partial charge in [-0.15, -0.1) is 0 Å². The van der Waals surface area contributed by atoms with Crippen LogP contribution in [0, 0.1) is 5.92 Å². The average molecular weight is 291 g/mol. The number of nitrogens with two attached hydrogens (primary N) is 1. The number of nitrogens with zero attached hydrogens (tertiary/aromatic N) is 2. The zero-order valence-electron chi connectivity index (χ0n) is 13.2. The molecule has 0 aromatic heterocycles. The molecule has 1 unspecified atom stereocenters. The van der Waals surface area contributed by atoms with Crippen LogP contribution < -0.4 is 5.73 Å². The second-order valence-electron chi connectivity index (χ2n) is 5.98. The molecule has 0 saturated carbocycles. The summed E-state index contributed by atoms with van der Waals surface area (Å²) in [6.07, 6.45) is 1.84. The van der Waals surface area contributed by atoms with Gasteiger partial charge in [-0.3, -0.25) is 9.79 Å². The van der Waals surface area contributed by atoms with Crippen LogP contribution in [0.2, 0.25) is 0 Å². The Morgan fingerprint density at radius 1 is 1.43 bits per heavy atom. The molecule has 1 aromatic rings. The number of likely N-dealkylation sites (N-methyl/N-ethyl adjacent to an activating group) is 1. The second kappa shape index (κ2) is 7.11. The van der Waals surface area contributed by atoms with Crippen LogP contribution in [0.15, 0.2) is 29.3 Å². The van der Waals surface area contributed by atoms with E-state index in [0.717, 1.165) is 5.56 Å². The molecule has 0 fully saturated rings. The number of phenols is 1. The highest BCUT2D eigenvalue weighted by Gasteiger charge is 2.35. The van der Waals surface area contributed by atoms with Gasteiger partial charge in [-0.1, -0.05) is 26.0 Å². The van der Waals surface area contributed by atoms with E-state index in [1.165, 1.54) is 6.34 Å². The summed E-state index contributed by atoms with van der Waals surface area (Å²) in [6, 6.07) is 6.81. The zero-order chi connectivity index (χ0) is 16.0. The van der Waals surface area contributed by atoms with Crippen LogP contribution in [0.4, 0.5) is 0 Å². The Balaban J connectivity index is 2.85. The van der Waals surface area contributed by atoms with E-state index in [4.69, 9.17) is 5.73 Å². The number of hydrogen-bond donors (Lipinski definition) is 2. The summed E-state index contributed by atoms with van der Waals surface area (Å²) in [4.78, 5) is 18.5. The first-order valence-electron chi connectivity index (χ1n) is 7.07. The van der Waals surface area contributed by atoms with Gasteiger partial charge in [0.2, 0.25) is 5.91 Å². The third kappa shape index (κ3) is 4.77. The molecule has 0 spiro atoms. The fourth-order valence-electron chi connectivity index (χ4n) is 2.51. The standard InChI is InChI=1S/C16H25N3O2/c1-12(2)9-16(3,18-11-17)15(21)19(4)10-13-5-7-14(20)8-6-13/h5-8,11-12,20H,9-10H2,1-4H3,(H2,17,18). The van der Waals surface area contributed by atoms with E-state index in [1.54, 1.807) is 36.2 Å². The van der Waals surface area contributed by atoms with Crippen LogP contribution >= 0.6 is 0 Å². The monoisotopic (exact) mass is 291 g/mol. The van der Waals surface area contributed by atoms with Crippen molar-refractivity contribution in [3.05, 3.63) is 29.8 Å². The molecule has 5 nitrogen and oxygen atoms in total. The highest BCUT2D eigenvalue weighted by molar-refractivity contribution is 5.87. The molecule has 116 valence electrons. The predicted octanol–water partition coefficient (Wildman–Crippen LogP) is 2.14. The van der Waals surface area contributed by atoms with Crippen molar-refractivity contribution < 1.29 is 9.90 Å². The number of carbonyl (C=O) groups excluding carboxylic acids is 1. The largest absolute Gasteiger partial charge is 0.508 e. The molecule has 1 amide bonds. The molecular weight excluding hydrogens is 266 g/mol. The molecule has 0 saturated heterocycles. The first kappa shape index (κ1) is 17.0. The fourth-order valence-corrected chi connectivity index (χ4v) is 2.51. The maximum Gasteiger partial charge on any atom is 0.250 e. The lowest BCUT2D eigenvalue weighted by Crippen LogP contribution is -2.45. The predicted molar refractivity (Wildman–Crippen MR) is 85.1 cm³/mol. The average Bonchev–Trinajstić information content (AvgIpc) is 2.39. The Morgan fingerprint density at radius 3 is 2.48 bits per heavy atom. The van der Waals surface area contributed by atoms with Gasteiger partial charge in [0.25, 0.3) is 0 Å². The van der Waals surface area contributed by atoms with Crippen molar-refractivity contribution in [3.63, 3.8) is 0 Å².